The second-order valence-electron chi connectivity index (χ2n) is 7.59. The first-order valence-corrected chi connectivity index (χ1v) is 11.3. The number of nitrogens with one attached hydrogen (secondary N) is 2. The van der Waals surface area contributed by atoms with Crippen molar-refractivity contribution in [3.8, 4) is 5.75 Å². The summed E-state index contributed by atoms with van der Waals surface area (Å²) in [5, 5.41) is 5.74. The van der Waals surface area contributed by atoms with Crippen molar-refractivity contribution in [2.24, 2.45) is 0 Å². The smallest absolute Gasteiger partial charge is 0.323 e. The Labute approximate surface area is 195 Å². The molecule has 0 unspecified atom stereocenters. The number of carbonyl (C=O) groups excluding carboxylic acids is 1. The SMILES string of the molecule is COc1ccc(C)cc1NC(=O)Nc1ccccc1SCc1cc(=O)n2cc(C)ccc2n1. The van der Waals surface area contributed by atoms with Crippen LogP contribution in [0.4, 0.5) is 16.2 Å². The number of methoxy groups -OCH3 is 1. The lowest BCUT2D eigenvalue weighted by atomic mass is 10.2. The molecule has 2 aromatic carbocycles. The fraction of sp³-hybridized carbons (Fsp3) is 0.160. The van der Waals surface area contributed by atoms with E-state index in [1.807, 2.05) is 68.4 Å². The number of aryl methyl sites for hydroxylation is 2. The van der Waals surface area contributed by atoms with Crippen LogP contribution in [0.3, 0.4) is 0 Å². The van der Waals surface area contributed by atoms with Crippen LogP contribution in [0.15, 0.2) is 76.6 Å². The summed E-state index contributed by atoms with van der Waals surface area (Å²) in [4.78, 5) is 30.6. The number of anilines is 2. The van der Waals surface area contributed by atoms with Crippen LogP contribution >= 0.6 is 11.8 Å². The van der Waals surface area contributed by atoms with Crippen molar-refractivity contribution in [3.63, 3.8) is 0 Å². The number of urea groups is 1. The van der Waals surface area contributed by atoms with Gasteiger partial charge in [-0.25, -0.2) is 9.78 Å². The number of nitrogens with zero attached hydrogens (tertiary/aromatic N) is 2. The van der Waals surface area contributed by atoms with Crippen molar-refractivity contribution < 1.29 is 9.53 Å². The number of carbonyl (C=O) groups is 1. The lowest BCUT2D eigenvalue weighted by Gasteiger charge is -2.14. The van der Waals surface area contributed by atoms with Gasteiger partial charge in [0.2, 0.25) is 0 Å². The molecule has 0 spiro atoms. The van der Waals surface area contributed by atoms with Crippen molar-refractivity contribution in [2.75, 3.05) is 17.7 Å². The molecule has 0 aliphatic rings. The fourth-order valence-corrected chi connectivity index (χ4v) is 4.28. The molecule has 2 heterocycles. The molecular weight excluding hydrogens is 436 g/mol. The number of hydrogen-bond donors (Lipinski definition) is 2. The average molecular weight is 461 g/mol. The van der Waals surface area contributed by atoms with Gasteiger partial charge in [-0.15, -0.1) is 11.8 Å². The molecule has 0 radical (unpaired) electrons. The van der Waals surface area contributed by atoms with E-state index in [0.29, 0.717) is 34.2 Å². The monoisotopic (exact) mass is 460 g/mol. The van der Waals surface area contributed by atoms with Crippen LogP contribution in [-0.2, 0) is 5.75 Å². The van der Waals surface area contributed by atoms with Crippen molar-refractivity contribution in [3.05, 3.63) is 94.0 Å². The molecule has 4 rings (SSSR count). The van der Waals surface area contributed by atoms with Crippen molar-refractivity contribution in [1.82, 2.24) is 9.38 Å². The summed E-state index contributed by atoms with van der Waals surface area (Å²) < 4.78 is 6.87. The van der Waals surface area contributed by atoms with Crippen LogP contribution in [-0.4, -0.2) is 22.5 Å². The highest BCUT2D eigenvalue weighted by atomic mass is 32.2. The Morgan fingerprint density at radius 3 is 2.58 bits per heavy atom. The molecule has 0 aliphatic heterocycles. The lowest BCUT2D eigenvalue weighted by molar-refractivity contribution is 0.262. The number of thioether (sulfide) groups is 1. The predicted molar refractivity (Wildman–Crippen MR) is 133 cm³/mol. The average Bonchev–Trinajstić information content (AvgIpc) is 2.79. The number of rotatable bonds is 6. The first-order valence-electron chi connectivity index (χ1n) is 10.4. The molecule has 2 aromatic heterocycles. The van der Waals surface area contributed by atoms with E-state index in [1.54, 1.807) is 23.8 Å². The van der Waals surface area contributed by atoms with Gasteiger partial charge in [-0.2, -0.15) is 0 Å². The molecule has 0 saturated carbocycles. The Balaban J connectivity index is 1.48. The van der Waals surface area contributed by atoms with Gasteiger partial charge in [0.25, 0.3) is 5.56 Å². The molecule has 0 saturated heterocycles. The topological polar surface area (TPSA) is 84.7 Å². The number of para-hydroxylation sites is 1. The van der Waals surface area contributed by atoms with Crippen LogP contribution in [0.2, 0.25) is 0 Å². The second-order valence-corrected chi connectivity index (χ2v) is 8.61. The third-order valence-corrected chi connectivity index (χ3v) is 6.08. The summed E-state index contributed by atoms with van der Waals surface area (Å²) >= 11 is 1.50. The molecular formula is C25H24N4O3S. The van der Waals surface area contributed by atoms with Gasteiger partial charge in [-0.1, -0.05) is 24.3 Å². The minimum atomic E-state index is -0.371. The van der Waals surface area contributed by atoms with Gasteiger partial charge in [0.15, 0.2) is 0 Å². The van der Waals surface area contributed by atoms with E-state index in [9.17, 15) is 9.59 Å². The molecule has 7 nitrogen and oxygen atoms in total. The molecule has 4 aromatic rings. The molecule has 0 aliphatic carbocycles. The standard InChI is InChI=1S/C25H24N4O3S/c1-16-8-10-21(32-3)20(12-16)28-25(31)27-19-6-4-5-7-22(19)33-15-18-13-24(30)29-14-17(2)9-11-23(29)26-18/h4-14H,15H2,1-3H3,(H2,27,28,31). The largest absolute Gasteiger partial charge is 0.495 e. The van der Waals surface area contributed by atoms with Crippen LogP contribution in [0.25, 0.3) is 5.65 Å². The predicted octanol–water partition coefficient (Wildman–Crippen LogP) is 5.26. The van der Waals surface area contributed by atoms with Gasteiger partial charge < -0.3 is 15.4 Å². The third-order valence-electron chi connectivity index (χ3n) is 4.97. The summed E-state index contributed by atoms with van der Waals surface area (Å²) in [5.74, 6) is 1.08. The quantitative estimate of drug-likeness (QED) is 0.384. The maximum absolute atomic E-state index is 12.7. The number of pyridine rings is 1. The molecule has 2 N–H and O–H groups in total. The minimum absolute atomic E-state index is 0.114. The van der Waals surface area contributed by atoms with Gasteiger partial charge in [-0.3, -0.25) is 9.20 Å². The Bertz CT molecular complexity index is 1380. The summed E-state index contributed by atoms with van der Waals surface area (Å²) in [5.41, 5.74) is 4.44. The van der Waals surface area contributed by atoms with Gasteiger partial charge >= 0.3 is 6.03 Å². The second kappa shape index (κ2) is 9.79. The van der Waals surface area contributed by atoms with E-state index in [4.69, 9.17) is 4.74 Å². The Hall–Kier alpha value is -3.78. The molecule has 0 fully saturated rings. The van der Waals surface area contributed by atoms with E-state index in [0.717, 1.165) is 16.0 Å². The van der Waals surface area contributed by atoms with Crippen molar-refractivity contribution >= 4 is 34.8 Å². The molecule has 8 heteroatoms. The molecule has 0 atom stereocenters. The molecule has 33 heavy (non-hydrogen) atoms. The number of aromatic nitrogens is 2. The first kappa shape index (κ1) is 22.4. The van der Waals surface area contributed by atoms with E-state index in [1.165, 1.54) is 11.8 Å². The van der Waals surface area contributed by atoms with E-state index in [-0.39, 0.29) is 11.6 Å². The number of amides is 2. The maximum atomic E-state index is 12.7. The highest BCUT2D eigenvalue weighted by Crippen LogP contribution is 2.30. The van der Waals surface area contributed by atoms with Gasteiger partial charge in [-0.05, 0) is 55.3 Å². The Morgan fingerprint density at radius 2 is 1.76 bits per heavy atom. The van der Waals surface area contributed by atoms with Gasteiger partial charge in [0, 0.05) is 22.9 Å². The number of hydrogen-bond acceptors (Lipinski definition) is 5. The molecule has 168 valence electrons. The van der Waals surface area contributed by atoms with Gasteiger partial charge in [0.05, 0.1) is 24.2 Å². The van der Waals surface area contributed by atoms with Crippen LogP contribution in [0.5, 0.6) is 5.75 Å². The van der Waals surface area contributed by atoms with Crippen molar-refractivity contribution in [1.29, 1.82) is 0 Å². The summed E-state index contributed by atoms with van der Waals surface area (Å²) in [7, 11) is 1.56. The zero-order chi connectivity index (χ0) is 23.4. The van der Waals surface area contributed by atoms with Gasteiger partial charge in [0.1, 0.15) is 11.4 Å². The highest BCUT2D eigenvalue weighted by molar-refractivity contribution is 7.98. The molecule has 2 amide bonds. The highest BCUT2D eigenvalue weighted by Gasteiger charge is 2.11. The zero-order valence-electron chi connectivity index (χ0n) is 18.6. The summed E-state index contributed by atoms with van der Waals surface area (Å²) in [6.07, 6.45) is 1.78. The molecule has 0 bridgehead atoms. The van der Waals surface area contributed by atoms with Crippen LogP contribution < -0.4 is 20.9 Å². The van der Waals surface area contributed by atoms with Crippen LogP contribution in [0.1, 0.15) is 16.8 Å². The number of ether oxygens (including phenoxy) is 1. The Morgan fingerprint density at radius 1 is 1.00 bits per heavy atom. The maximum Gasteiger partial charge on any atom is 0.323 e. The normalized spacial score (nSPS) is 10.8. The fourth-order valence-electron chi connectivity index (χ4n) is 3.38. The van der Waals surface area contributed by atoms with Crippen molar-refractivity contribution in [2.45, 2.75) is 24.5 Å². The number of fused-ring (bicyclic) bond motifs is 1. The minimum Gasteiger partial charge on any atom is -0.495 e. The van der Waals surface area contributed by atoms with E-state index >= 15 is 0 Å². The third kappa shape index (κ3) is 5.35. The van der Waals surface area contributed by atoms with E-state index < -0.39 is 0 Å². The van der Waals surface area contributed by atoms with Crippen LogP contribution in [0, 0.1) is 13.8 Å². The summed E-state index contributed by atoms with van der Waals surface area (Å²) in [6.45, 7) is 3.88. The number of benzene rings is 2. The lowest BCUT2D eigenvalue weighted by Crippen LogP contribution is -2.20. The Kier molecular flexibility index (Phi) is 6.65. The van der Waals surface area contributed by atoms with E-state index in [2.05, 4.69) is 15.6 Å². The first-order chi connectivity index (χ1) is 15.9. The summed E-state index contributed by atoms with van der Waals surface area (Å²) in [6, 6.07) is 18.0. The zero-order valence-corrected chi connectivity index (χ0v) is 19.4.